The summed E-state index contributed by atoms with van der Waals surface area (Å²) < 4.78 is 19.0. The summed E-state index contributed by atoms with van der Waals surface area (Å²) in [6, 6.07) is 0. The third-order valence-electron chi connectivity index (χ3n) is 1.97. The number of hydrogen-bond acceptors (Lipinski definition) is 8. The van der Waals surface area contributed by atoms with E-state index in [9.17, 15) is 19.2 Å². The standard InChI is InChI=1S/C9H8Br4O8/c10-5(14)18-1-9(2-19-6(11)15,3-20-7(12)16)4-21-8(13)17/h1-4H2. The molecule has 0 aromatic carbocycles. The maximum absolute atomic E-state index is 10.8. The molecule has 0 fully saturated rings. The molecule has 12 heteroatoms. The molecular weight excluding hydrogens is 556 g/mol. The smallest absolute Gasteiger partial charge is 0.374 e. The first kappa shape index (κ1) is 20.8. The Morgan fingerprint density at radius 2 is 0.762 bits per heavy atom. The van der Waals surface area contributed by atoms with Gasteiger partial charge in [-0.3, -0.25) is 0 Å². The molecule has 0 saturated heterocycles. The second kappa shape index (κ2) is 10.5. The normalized spacial score (nSPS) is 10.5. The van der Waals surface area contributed by atoms with Crippen LogP contribution in [0.4, 0.5) is 19.2 Å². The van der Waals surface area contributed by atoms with Gasteiger partial charge in [-0.05, 0) is 0 Å². The molecule has 120 valence electrons. The Bertz CT molecular complexity index is 335. The number of carbonyl (C=O) groups excluding carboxylic acids is 4. The lowest BCUT2D eigenvalue weighted by atomic mass is 9.92. The average Bonchev–Trinajstić information content (AvgIpc) is 2.36. The minimum Gasteiger partial charge on any atom is -0.456 e. The van der Waals surface area contributed by atoms with Crippen LogP contribution in [0.3, 0.4) is 0 Å². The molecule has 0 atom stereocenters. The van der Waals surface area contributed by atoms with E-state index in [1.165, 1.54) is 0 Å². The molecule has 0 bridgehead atoms. The molecule has 0 spiro atoms. The van der Waals surface area contributed by atoms with E-state index in [0.717, 1.165) is 0 Å². The molecule has 0 saturated carbocycles. The third kappa shape index (κ3) is 11.1. The zero-order valence-electron chi connectivity index (χ0n) is 10.1. The van der Waals surface area contributed by atoms with E-state index in [1.807, 2.05) is 0 Å². The van der Waals surface area contributed by atoms with Crippen molar-refractivity contribution < 1.29 is 38.1 Å². The van der Waals surface area contributed by atoms with E-state index in [0.29, 0.717) is 0 Å². The summed E-state index contributed by atoms with van der Waals surface area (Å²) >= 11 is 10.2. The quantitative estimate of drug-likeness (QED) is 0.321. The van der Waals surface area contributed by atoms with Crippen molar-refractivity contribution in [2.75, 3.05) is 26.4 Å². The third-order valence-corrected chi connectivity index (χ3v) is 2.88. The van der Waals surface area contributed by atoms with Crippen LogP contribution >= 0.6 is 63.7 Å². The van der Waals surface area contributed by atoms with Gasteiger partial charge in [0.05, 0.1) is 0 Å². The topological polar surface area (TPSA) is 105 Å². The van der Waals surface area contributed by atoms with Gasteiger partial charge in [0.1, 0.15) is 31.8 Å². The van der Waals surface area contributed by atoms with Gasteiger partial charge < -0.3 is 18.9 Å². The molecule has 0 unspecified atom stereocenters. The fourth-order valence-corrected chi connectivity index (χ4v) is 1.55. The van der Waals surface area contributed by atoms with Crippen LogP contribution < -0.4 is 0 Å². The summed E-state index contributed by atoms with van der Waals surface area (Å²) in [5, 5.41) is 0. The van der Waals surface area contributed by atoms with Crippen molar-refractivity contribution in [1.82, 2.24) is 0 Å². The van der Waals surface area contributed by atoms with Crippen LogP contribution in [-0.4, -0.2) is 45.9 Å². The molecule has 0 heterocycles. The molecule has 0 aliphatic heterocycles. The van der Waals surface area contributed by atoms with Crippen molar-refractivity contribution in [2.45, 2.75) is 0 Å². The lowest BCUT2D eigenvalue weighted by molar-refractivity contribution is -0.0346. The predicted octanol–water partition coefficient (Wildman–Crippen LogP) is 4.10. The van der Waals surface area contributed by atoms with Crippen LogP contribution in [0, 0.1) is 5.41 Å². The highest BCUT2D eigenvalue weighted by atomic mass is 79.9. The molecule has 0 aliphatic rings. The molecular formula is C9H8Br4O8. The Morgan fingerprint density at radius 1 is 0.571 bits per heavy atom. The van der Waals surface area contributed by atoms with Gasteiger partial charge in [0, 0.05) is 63.7 Å². The molecule has 0 aromatic rings. The molecule has 21 heavy (non-hydrogen) atoms. The van der Waals surface area contributed by atoms with Gasteiger partial charge in [0.25, 0.3) is 0 Å². The Hall–Kier alpha value is -0.200. The Morgan fingerprint density at radius 3 is 0.905 bits per heavy atom. The molecule has 0 amide bonds. The highest BCUT2D eigenvalue weighted by Crippen LogP contribution is 2.23. The maximum atomic E-state index is 10.8. The zero-order chi connectivity index (χ0) is 16.5. The minimum atomic E-state index is -1.26. The minimum absolute atomic E-state index is 0.335. The molecule has 0 radical (unpaired) electrons. The average molecular weight is 564 g/mol. The first-order valence-corrected chi connectivity index (χ1v) is 8.13. The summed E-state index contributed by atoms with van der Waals surface area (Å²) in [4.78, 5) is 40.3. The molecule has 8 nitrogen and oxygen atoms in total. The van der Waals surface area contributed by atoms with Gasteiger partial charge in [-0.25, -0.2) is 19.2 Å². The van der Waals surface area contributed by atoms with E-state index in [4.69, 9.17) is 18.9 Å². The summed E-state index contributed by atoms with van der Waals surface area (Å²) in [7, 11) is 0. The number of ether oxygens (including phenoxy) is 4. The number of carbonyl (C=O) groups is 4. The molecule has 0 rings (SSSR count). The monoisotopic (exact) mass is 560 g/mol. The Balaban J connectivity index is 5.02. The molecule has 0 aromatic heterocycles. The second-order valence-electron chi connectivity index (χ2n) is 3.61. The van der Waals surface area contributed by atoms with Crippen LogP contribution in [0.5, 0.6) is 0 Å². The molecule has 0 aliphatic carbocycles. The summed E-state index contributed by atoms with van der Waals surface area (Å²) in [6.45, 7) is -1.34. The van der Waals surface area contributed by atoms with Crippen molar-refractivity contribution in [2.24, 2.45) is 5.41 Å². The van der Waals surface area contributed by atoms with Crippen molar-refractivity contribution in [1.29, 1.82) is 0 Å². The lowest BCUT2D eigenvalue weighted by Gasteiger charge is -2.30. The van der Waals surface area contributed by atoms with Gasteiger partial charge >= 0.3 is 19.5 Å². The molecule has 0 N–H and O–H groups in total. The summed E-state index contributed by atoms with van der Waals surface area (Å²) in [6.07, 6.45) is 0. The van der Waals surface area contributed by atoms with Gasteiger partial charge in [0.2, 0.25) is 0 Å². The van der Waals surface area contributed by atoms with E-state index in [2.05, 4.69) is 63.7 Å². The largest absolute Gasteiger partial charge is 0.456 e. The van der Waals surface area contributed by atoms with Crippen LogP contribution in [0.15, 0.2) is 0 Å². The van der Waals surface area contributed by atoms with Crippen molar-refractivity contribution in [3.05, 3.63) is 0 Å². The Labute approximate surface area is 152 Å². The SMILES string of the molecule is O=C(Br)OCC(COC(=O)Br)(COC(=O)Br)COC(=O)Br. The van der Waals surface area contributed by atoms with Crippen LogP contribution in [0.25, 0.3) is 0 Å². The first-order valence-electron chi connectivity index (χ1n) is 4.96. The highest BCUT2D eigenvalue weighted by Gasteiger charge is 2.37. The van der Waals surface area contributed by atoms with Crippen LogP contribution in [-0.2, 0) is 18.9 Å². The predicted molar refractivity (Wildman–Crippen MR) is 83.5 cm³/mol. The van der Waals surface area contributed by atoms with E-state index in [1.54, 1.807) is 0 Å². The number of halogens is 4. The number of hydrogen-bond donors (Lipinski definition) is 0. The summed E-state index contributed by atoms with van der Waals surface area (Å²) in [5.74, 6) is 0. The fraction of sp³-hybridized carbons (Fsp3) is 0.556. The van der Waals surface area contributed by atoms with Crippen LogP contribution in [0.1, 0.15) is 0 Å². The second-order valence-corrected chi connectivity index (χ2v) is 6.20. The maximum Gasteiger partial charge on any atom is 0.374 e. The highest BCUT2D eigenvalue weighted by molar-refractivity contribution is 9.18. The van der Waals surface area contributed by atoms with E-state index < -0.39 is 24.9 Å². The van der Waals surface area contributed by atoms with E-state index in [-0.39, 0.29) is 26.4 Å². The lowest BCUT2D eigenvalue weighted by Crippen LogP contribution is -2.42. The van der Waals surface area contributed by atoms with E-state index >= 15 is 0 Å². The van der Waals surface area contributed by atoms with Crippen molar-refractivity contribution >= 4 is 83.2 Å². The first-order chi connectivity index (χ1) is 9.67. The van der Waals surface area contributed by atoms with Crippen molar-refractivity contribution in [3.63, 3.8) is 0 Å². The zero-order valence-corrected chi connectivity index (χ0v) is 16.5. The number of rotatable bonds is 8. The van der Waals surface area contributed by atoms with Gasteiger partial charge in [-0.2, -0.15) is 0 Å². The van der Waals surface area contributed by atoms with Gasteiger partial charge in [-0.1, -0.05) is 0 Å². The van der Waals surface area contributed by atoms with Crippen LogP contribution in [0.2, 0.25) is 0 Å². The van der Waals surface area contributed by atoms with Crippen molar-refractivity contribution in [3.8, 4) is 0 Å². The summed E-state index contributed by atoms with van der Waals surface area (Å²) in [5.41, 5.74) is -1.26. The van der Waals surface area contributed by atoms with Gasteiger partial charge in [-0.15, -0.1) is 0 Å². The van der Waals surface area contributed by atoms with Gasteiger partial charge in [0.15, 0.2) is 0 Å². The Kier molecular flexibility index (Phi) is 10.4. The fourth-order valence-electron chi connectivity index (χ4n) is 1.09.